The van der Waals surface area contributed by atoms with Crippen LogP contribution in [-0.2, 0) is 4.74 Å². The number of alkyl carbamates (subject to hydrolysis) is 1. The molecule has 0 bridgehead atoms. The summed E-state index contributed by atoms with van der Waals surface area (Å²) in [5, 5.41) is 12.1. The molecule has 4 heteroatoms. The highest BCUT2D eigenvalue weighted by Crippen LogP contribution is 2.15. The summed E-state index contributed by atoms with van der Waals surface area (Å²) in [5.41, 5.74) is -0.490. The second-order valence-corrected chi connectivity index (χ2v) is 6.01. The fraction of sp³-hybridized carbons (Fsp3) is 0.923. The van der Waals surface area contributed by atoms with Crippen LogP contribution in [0, 0.1) is 11.8 Å². The Morgan fingerprint density at radius 1 is 1.29 bits per heavy atom. The standard InChI is InChI=1S/C13H27NO3/c1-9(2)7-11(8-15)10(3)14-12(16)17-13(4,5)6/h9-11,15H,7-8H2,1-6H3,(H,14,16)/t10-,11+/m1/s1. The number of aliphatic hydroxyl groups is 1. The lowest BCUT2D eigenvalue weighted by atomic mass is 9.92. The van der Waals surface area contributed by atoms with Crippen molar-refractivity contribution < 1.29 is 14.6 Å². The summed E-state index contributed by atoms with van der Waals surface area (Å²) < 4.78 is 5.18. The molecule has 0 radical (unpaired) electrons. The summed E-state index contributed by atoms with van der Waals surface area (Å²) in [6.07, 6.45) is 0.459. The molecule has 0 heterocycles. The van der Waals surface area contributed by atoms with Gasteiger partial charge < -0.3 is 15.2 Å². The number of rotatable bonds is 5. The van der Waals surface area contributed by atoms with Crippen LogP contribution in [-0.4, -0.2) is 29.4 Å². The predicted octanol–water partition coefficient (Wildman–Crippen LogP) is 2.55. The molecule has 0 saturated carbocycles. The molecule has 1 amide bonds. The molecule has 0 aliphatic heterocycles. The van der Waals surface area contributed by atoms with Crippen molar-refractivity contribution in [2.45, 2.75) is 59.6 Å². The highest BCUT2D eigenvalue weighted by atomic mass is 16.6. The Bertz CT molecular complexity index is 233. The summed E-state index contributed by atoms with van der Waals surface area (Å²) in [5.74, 6) is 0.567. The molecule has 4 nitrogen and oxygen atoms in total. The van der Waals surface area contributed by atoms with Crippen LogP contribution < -0.4 is 5.32 Å². The minimum atomic E-state index is -0.490. The van der Waals surface area contributed by atoms with Gasteiger partial charge in [0.2, 0.25) is 0 Å². The number of carbonyl (C=O) groups excluding carboxylic acids is 1. The van der Waals surface area contributed by atoms with Crippen molar-refractivity contribution in [2.75, 3.05) is 6.61 Å². The summed E-state index contributed by atoms with van der Waals surface area (Å²) in [4.78, 5) is 11.6. The molecule has 17 heavy (non-hydrogen) atoms. The maximum atomic E-state index is 11.6. The van der Waals surface area contributed by atoms with Gasteiger partial charge in [-0.2, -0.15) is 0 Å². The summed E-state index contributed by atoms with van der Waals surface area (Å²) >= 11 is 0. The third-order valence-corrected chi connectivity index (χ3v) is 2.46. The quantitative estimate of drug-likeness (QED) is 0.782. The second kappa shape index (κ2) is 6.84. The fourth-order valence-electron chi connectivity index (χ4n) is 1.65. The lowest BCUT2D eigenvalue weighted by Gasteiger charge is -2.26. The molecule has 0 rings (SSSR count). The average Bonchev–Trinajstić information content (AvgIpc) is 2.10. The largest absolute Gasteiger partial charge is 0.444 e. The van der Waals surface area contributed by atoms with E-state index in [1.54, 1.807) is 0 Å². The molecule has 0 aliphatic rings. The van der Waals surface area contributed by atoms with Crippen LogP contribution in [0.2, 0.25) is 0 Å². The van der Waals surface area contributed by atoms with Gasteiger partial charge in [-0.15, -0.1) is 0 Å². The lowest BCUT2D eigenvalue weighted by molar-refractivity contribution is 0.0472. The Labute approximate surface area is 105 Å². The monoisotopic (exact) mass is 245 g/mol. The normalized spacial score (nSPS) is 15.5. The molecule has 0 aromatic heterocycles. The van der Waals surface area contributed by atoms with E-state index < -0.39 is 11.7 Å². The first-order chi connectivity index (χ1) is 7.65. The van der Waals surface area contributed by atoms with E-state index in [9.17, 15) is 9.90 Å². The van der Waals surface area contributed by atoms with E-state index >= 15 is 0 Å². The molecule has 0 spiro atoms. The second-order valence-electron chi connectivity index (χ2n) is 6.01. The van der Waals surface area contributed by atoms with Crippen molar-refractivity contribution in [3.63, 3.8) is 0 Å². The highest BCUT2D eigenvalue weighted by molar-refractivity contribution is 5.68. The van der Waals surface area contributed by atoms with E-state index in [1.165, 1.54) is 0 Å². The molecule has 0 unspecified atom stereocenters. The van der Waals surface area contributed by atoms with E-state index in [-0.39, 0.29) is 18.6 Å². The van der Waals surface area contributed by atoms with Crippen LogP contribution in [0.3, 0.4) is 0 Å². The molecule has 2 N–H and O–H groups in total. The van der Waals surface area contributed by atoms with Gasteiger partial charge in [-0.05, 0) is 40.0 Å². The van der Waals surface area contributed by atoms with Crippen molar-refractivity contribution in [3.8, 4) is 0 Å². The Balaban J connectivity index is 4.21. The van der Waals surface area contributed by atoms with Gasteiger partial charge in [0.15, 0.2) is 0 Å². The summed E-state index contributed by atoms with van der Waals surface area (Å²) in [6, 6.07) is -0.0859. The van der Waals surface area contributed by atoms with E-state index in [1.807, 2.05) is 27.7 Å². The van der Waals surface area contributed by atoms with Gasteiger partial charge in [0.1, 0.15) is 5.60 Å². The summed E-state index contributed by atoms with van der Waals surface area (Å²) in [7, 11) is 0. The van der Waals surface area contributed by atoms with Crippen molar-refractivity contribution in [1.29, 1.82) is 0 Å². The van der Waals surface area contributed by atoms with Crippen molar-refractivity contribution in [3.05, 3.63) is 0 Å². The molecule has 0 fully saturated rings. The number of carbonyl (C=O) groups is 1. The Morgan fingerprint density at radius 3 is 2.18 bits per heavy atom. The molecule has 0 saturated heterocycles. The fourth-order valence-corrected chi connectivity index (χ4v) is 1.65. The van der Waals surface area contributed by atoms with Gasteiger partial charge in [-0.3, -0.25) is 0 Å². The number of hydrogen-bond donors (Lipinski definition) is 2. The first-order valence-corrected chi connectivity index (χ1v) is 6.26. The van der Waals surface area contributed by atoms with Gasteiger partial charge in [-0.1, -0.05) is 13.8 Å². The molecular weight excluding hydrogens is 218 g/mol. The van der Waals surface area contributed by atoms with Crippen LogP contribution in [0.25, 0.3) is 0 Å². The van der Waals surface area contributed by atoms with Crippen LogP contribution in [0.15, 0.2) is 0 Å². The molecule has 102 valence electrons. The van der Waals surface area contributed by atoms with E-state index in [2.05, 4.69) is 19.2 Å². The van der Waals surface area contributed by atoms with Crippen LogP contribution in [0.5, 0.6) is 0 Å². The summed E-state index contributed by atoms with van der Waals surface area (Å²) in [6.45, 7) is 11.7. The average molecular weight is 245 g/mol. The third-order valence-electron chi connectivity index (χ3n) is 2.46. The first-order valence-electron chi connectivity index (χ1n) is 6.26. The maximum Gasteiger partial charge on any atom is 0.407 e. The highest BCUT2D eigenvalue weighted by Gasteiger charge is 2.22. The van der Waals surface area contributed by atoms with E-state index in [0.29, 0.717) is 5.92 Å². The smallest absolute Gasteiger partial charge is 0.407 e. The van der Waals surface area contributed by atoms with E-state index in [4.69, 9.17) is 4.74 Å². The number of nitrogens with one attached hydrogen (secondary N) is 1. The molecule has 0 aliphatic carbocycles. The van der Waals surface area contributed by atoms with Gasteiger partial charge in [0, 0.05) is 18.6 Å². The van der Waals surface area contributed by atoms with Crippen LogP contribution in [0.4, 0.5) is 4.79 Å². The Morgan fingerprint density at radius 2 is 1.82 bits per heavy atom. The number of ether oxygens (including phenoxy) is 1. The van der Waals surface area contributed by atoms with Crippen LogP contribution >= 0.6 is 0 Å². The number of aliphatic hydroxyl groups excluding tert-OH is 1. The topological polar surface area (TPSA) is 58.6 Å². The van der Waals surface area contributed by atoms with Gasteiger partial charge in [-0.25, -0.2) is 4.79 Å². The van der Waals surface area contributed by atoms with Crippen molar-refractivity contribution in [2.24, 2.45) is 11.8 Å². The Kier molecular flexibility index (Phi) is 6.53. The van der Waals surface area contributed by atoms with Gasteiger partial charge >= 0.3 is 6.09 Å². The number of amides is 1. The first kappa shape index (κ1) is 16.2. The van der Waals surface area contributed by atoms with Gasteiger partial charge in [0.05, 0.1) is 0 Å². The predicted molar refractivity (Wildman–Crippen MR) is 68.9 cm³/mol. The molecule has 0 aromatic rings. The number of hydrogen-bond acceptors (Lipinski definition) is 3. The van der Waals surface area contributed by atoms with Crippen molar-refractivity contribution in [1.82, 2.24) is 5.32 Å². The third kappa shape index (κ3) is 8.02. The molecule has 0 aromatic carbocycles. The van der Waals surface area contributed by atoms with Gasteiger partial charge in [0.25, 0.3) is 0 Å². The SMILES string of the molecule is CC(C)C[C@@H](CO)[C@@H](C)NC(=O)OC(C)(C)C. The lowest BCUT2D eigenvalue weighted by Crippen LogP contribution is -2.42. The zero-order valence-electron chi connectivity index (χ0n) is 11.9. The molecular formula is C13H27NO3. The Hall–Kier alpha value is -0.770. The zero-order chi connectivity index (χ0) is 13.6. The van der Waals surface area contributed by atoms with Crippen molar-refractivity contribution >= 4 is 6.09 Å². The minimum absolute atomic E-state index is 0.0718. The zero-order valence-corrected chi connectivity index (χ0v) is 11.9. The van der Waals surface area contributed by atoms with E-state index in [0.717, 1.165) is 6.42 Å². The molecule has 2 atom stereocenters. The van der Waals surface area contributed by atoms with Crippen LogP contribution in [0.1, 0.15) is 48.0 Å². The minimum Gasteiger partial charge on any atom is -0.444 e. The maximum absolute atomic E-state index is 11.6.